The van der Waals surface area contributed by atoms with E-state index in [1.807, 2.05) is 13.8 Å². The van der Waals surface area contributed by atoms with E-state index < -0.39 is 18.0 Å². The van der Waals surface area contributed by atoms with Crippen molar-refractivity contribution in [3.8, 4) is 0 Å². The van der Waals surface area contributed by atoms with Gasteiger partial charge in [0.2, 0.25) is 0 Å². The van der Waals surface area contributed by atoms with Crippen LogP contribution in [0.5, 0.6) is 0 Å². The largest absolute Gasteiger partial charge is 0.656 e. The number of carbonyl (C=O) groups excluding carboxylic acids is 1. The number of carboxylic acid groups (broad SMARTS) is 1. The molecular weight excluding hydrogens is 561 g/mol. The van der Waals surface area contributed by atoms with Gasteiger partial charge in [-0.3, -0.25) is 4.79 Å². The number of nitrogens with one attached hydrogen (secondary N) is 2. The molecule has 7 nitrogen and oxygen atoms in total. The molecule has 0 heterocycles. The third-order valence-electron chi connectivity index (χ3n) is 5.74. The minimum Gasteiger partial charge on any atom is -0.656 e. The molecule has 3 rings (SSSR count). The SMILES string of the molecule is C/C(C(=N)COC(C(=O)Nc1ccc(C(=O)O)cc1)C(C)C)=C(/[N-]c1ccc(Cl)cc1Cl)c1ccc(Cl)cc1. The Hall–Kier alpha value is -3.36. The first-order valence-corrected chi connectivity index (χ1v) is 13.1. The Morgan fingerprint density at radius 1 is 0.949 bits per heavy atom. The number of amides is 1. The van der Waals surface area contributed by atoms with Gasteiger partial charge in [-0.25, -0.2) is 4.79 Å². The van der Waals surface area contributed by atoms with E-state index in [1.54, 1.807) is 49.4 Å². The van der Waals surface area contributed by atoms with Crippen molar-refractivity contribution in [3.05, 3.63) is 104 Å². The number of carbonyl (C=O) groups is 2. The van der Waals surface area contributed by atoms with Gasteiger partial charge in [-0.15, -0.1) is 11.4 Å². The van der Waals surface area contributed by atoms with Crippen molar-refractivity contribution in [2.24, 2.45) is 5.92 Å². The van der Waals surface area contributed by atoms with E-state index in [1.165, 1.54) is 24.3 Å². The number of ether oxygens (including phenoxy) is 1. The van der Waals surface area contributed by atoms with E-state index in [4.69, 9.17) is 55.4 Å². The molecule has 0 saturated heterocycles. The number of halogens is 3. The van der Waals surface area contributed by atoms with Crippen LogP contribution in [0.4, 0.5) is 11.4 Å². The Labute approximate surface area is 242 Å². The van der Waals surface area contributed by atoms with Crippen molar-refractivity contribution in [2.45, 2.75) is 26.9 Å². The molecule has 0 aliphatic carbocycles. The number of aromatic carboxylic acids is 1. The maximum atomic E-state index is 13.0. The fourth-order valence-corrected chi connectivity index (χ4v) is 4.15. The molecule has 3 N–H and O–H groups in total. The van der Waals surface area contributed by atoms with Crippen molar-refractivity contribution in [1.82, 2.24) is 0 Å². The molecule has 0 bridgehead atoms. The molecule has 204 valence electrons. The molecule has 0 radical (unpaired) electrons. The molecule has 3 aromatic carbocycles. The van der Waals surface area contributed by atoms with Gasteiger partial charge in [-0.1, -0.05) is 66.8 Å². The van der Waals surface area contributed by atoms with Gasteiger partial charge in [-0.05, 0) is 72.5 Å². The zero-order valence-corrected chi connectivity index (χ0v) is 23.7. The first kappa shape index (κ1) is 30.2. The lowest BCUT2D eigenvalue weighted by Gasteiger charge is -2.31. The average Bonchev–Trinajstić information content (AvgIpc) is 2.88. The van der Waals surface area contributed by atoms with Crippen LogP contribution in [0.2, 0.25) is 15.1 Å². The van der Waals surface area contributed by atoms with Gasteiger partial charge in [-0.2, -0.15) is 0 Å². The van der Waals surface area contributed by atoms with Gasteiger partial charge in [0, 0.05) is 20.8 Å². The lowest BCUT2D eigenvalue weighted by molar-refractivity contribution is -0.128. The van der Waals surface area contributed by atoms with Crippen molar-refractivity contribution in [2.75, 3.05) is 11.9 Å². The predicted molar refractivity (Wildman–Crippen MR) is 158 cm³/mol. The number of nitrogens with zero attached hydrogens (tertiary/aromatic N) is 1. The molecule has 0 aliphatic rings. The first-order valence-electron chi connectivity index (χ1n) is 11.9. The van der Waals surface area contributed by atoms with E-state index in [0.29, 0.717) is 37.7 Å². The lowest BCUT2D eigenvalue weighted by atomic mass is 10.0. The molecule has 3 aromatic rings. The van der Waals surface area contributed by atoms with Gasteiger partial charge in [0.05, 0.1) is 17.9 Å². The quantitative estimate of drug-likeness (QED) is 0.195. The van der Waals surface area contributed by atoms with Gasteiger partial charge in [0.1, 0.15) is 6.10 Å². The molecule has 0 aliphatic heterocycles. The summed E-state index contributed by atoms with van der Waals surface area (Å²) in [5, 5.41) is 26.6. The normalized spacial score (nSPS) is 12.5. The summed E-state index contributed by atoms with van der Waals surface area (Å²) in [6, 6.07) is 17.8. The Kier molecular flexibility index (Phi) is 10.5. The number of benzene rings is 3. The third-order valence-corrected chi connectivity index (χ3v) is 6.53. The lowest BCUT2D eigenvalue weighted by Crippen LogP contribution is -2.36. The second kappa shape index (κ2) is 13.6. The summed E-state index contributed by atoms with van der Waals surface area (Å²) in [4.78, 5) is 24.0. The topological polar surface area (TPSA) is 114 Å². The zero-order chi connectivity index (χ0) is 28.7. The Balaban J connectivity index is 1.80. The molecule has 0 saturated carbocycles. The highest BCUT2D eigenvalue weighted by Gasteiger charge is 2.24. The third kappa shape index (κ3) is 8.31. The van der Waals surface area contributed by atoms with E-state index in [0.717, 1.165) is 5.56 Å². The summed E-state index contributed by atoms with van der Waals surface area (Å²) >= 11 is 18.5. The minimum absolute atomic E-state index is 0.113. The number of hydrogen-bond acceptors (Lipinski definition) is 4. The molecule has 10 heteroatoms. The molecular formula is C29H27Cl3N3O4-. The molecule has 0 fully saturated rings. The number of rotatable bonds is 11. The second-order valence-electron chi connectivity index (χ2n) is 9.01. The molecule has 0 aromatic heterocycles. The van der Waals surface area contributed by atoms with Gasteiger partial charge >= 0.3 is 5.97 Å². The molecule has 0 spiro atoms. The summed E-state index contributed by atoms with van der Waals surface area (Å²) in [5.74, 6) is -1.66. The van der Waals surface area contributed by atoms with E-state index >= 15 is 0 Å². The van der Waals surface area contributed by atoms with Gasteiger partial charge in [0.15, 0.2) is 0 Å². The second-order valence-corrected chi connectivity index (χ2v) is 10.3. The van der Waals surface area contributed by atoms with Crippen LogP contribution in [0.15, 0.2) is 72.3 Å². The molecule has 1 amide bonds. The summed E-state index contributed by atoms with van der Waals surface area (Å²) in [6.07, 6.45) is -0.862. The number of anilines is 1. The van der Waals surface area contributed by atoms with Crippen LogP contribution >= 0.6 is 34.8 Å². The van der Waals surface area contributed by atoms with Crippen LogP contribution in [0.25, 0.3) is 11.0 Å². The fraction of sp³-hybridized carbons (Fsp3) is 0.207. The zero-order valence-electron chi connectivity index (χ0n) is 21.5. The van der Waals surface area contributed by atoms with E-state index in [9.17, 15) is 9.59 Å². The molecule has 1 unspecified atom stereocenters. The average molecular weight is 588 g/mol. The van der Waals surface area contributed by atoms with Crippen molar-refractivity contribution < 1.29 is 19.4 Å². The van der Waals surface area contributed by atoms with Crippen LogP contribution in [0.1, 0.15) is 36.7 Å². The predicted octanol–water partition coefficient (Wildman–Crippen LogP) is 8.48. The summed E-state index contributed by atoms with van der Waals surface area (Å²) < 4.78 is 5.91. The van der Waals surface area contributed by atoms with Crippen molar-refractivity contribution >= 4 is 69.5 Å². The monoisotopic (exact) mass is 586 g/mol. The highest BCUT2D eigenvalue weighted by Crippen LogP contribution is 2.39. The van der Waals surface area contributed by atoms with Gasteiger partial charge < -0.3 is 25.9 Å². The Bertz CT molecular complexity index is 1390. The summed E-state index contributed by atoms with van der Waals surface area (Å²) in [6.45, 7) is 5.26. The van der Waals surface area contributed by atoms with Crippen LogP contribution < -0.4 is 5.32 Å². The highest BCUT2D eigenvalue weighted by molar-refractivity contribution is 6.36. The standard InChI is InChI=1S/C29H28Cl3N3O4/c1-16(2)27(28(36)34-22-11-6-19(7-12-22)29(37)38)39-15-24(33)17(3)26(18-4-8-20(30)9-5-18)35-25-13-10-21(31)14-23(25)32/h4-14,16,27H,15H2,1-3H3,(H4,33,34,35,36,37,38)/p-1. The smallest absolute Gasteiger partial charge is 0.335 e. The van der Waals surface area contributed by atoms with Crippen LogP contribution in [-0.2, 0) is 9.53 Å². The Morgan fingerprint density at radius 2 is 1.54 bits per heavy atom. The van der Waals surface area contributed by atoms with E-state index in [-0.39, 0.29) is 23.8 Å². The van der Waals surface area contributed by atoms with Crippen LogP contribution in [0.3, 0.4) is 0 Å². The van der Waals surface area contributed by atoms with Crippen molar-refractivity contribution in [1.29, 1.82) is 5.41 Å². The molecule has 1 atom stereocenters. The maximum absolute atomic E-state index is 13.0. The number of hydrogen-bond donors (Lipinski definition) is 3. The Morgan fingerprint density at radius 3 is 2.10 bits per heavy atom. The number of carboxylic acids is 1. The van der Waals surface area contributed by atoms with Crippen molar-refractivity contribution in [3.63, 3.8) is 0 Å². The van der Waals surface area contributed by atoms with Gasteiger partial charge in [0.25, 0.3) is 5.91 Å². The van der Waals surface area contributed by atoms with Crippen LogP contribution in [-0.4, -0.2) is 35.4 Å². The fourth-order valence-electron chi connectivity index (χ4n) is 3.57. The minimum atomic E-state index is -1.05. The maximum Gasteiger partial charge on any atom is 0.335 e. The van der Waals surface area contributed by atoms with Crippen LogP contribution in [0, 0.1) is 11.3 Å². The first-order chi connectivity index (χ1) is 18.5. The molecule has 39 heavy (non-hydrogen) atoms. The summed E-state index contributed by atoms with van der Waals surface area (Å²) in [5.41, 5.74) is 2.89. The highest BCUT2D eigenvalue weighted by atomic mass is 35.5. The summed E-state index contributed by atoms with van der Waals surface area (Å²) in [7, 11) is 0. The van der Waals surface area contributed by atoms with E-state index in [2.05, 4.69) is 5.32 Å².